The van der Waals surface area contributed by atoms with Crippen molar-refractivity contribution >= 4 is 17.2 Å². The topological polar surface area (TPSA) is 72.9 Å². The number of carbonyl (C=O) groups excluding carboxylic acids is 1. The minimum Gasteiger partial charge on any atom is -0.493 e. The lowest BCUT2D eigenvalue weighted by atomic mass is 10.2. The Morgan fingerprint density at radius 1 is 1.19 bits per heavy atom. The molecule has 2 aromatic carbocycles. The Bertz CT molecular complexity index is 1040. The van der Waals surface area contributed by atoms with E-state index in [-0.39, 0.29) is 12.0 Å². The highest BCUT2D eigenvalue weighted by atomic mass is 32.1. The van der Waals surface area contributed by atoms with Gasteiger partial charge in [0.15, 0.2) is 11.5 Å². The maximum atomic E-state index is 12.6. The first-order valence-corrected chi connectivity index (χ1v) is 11.4. The van der Waals surface area contributed by atoms with Crippen molar-refractivity contribution < 1.29 is 19.0 Å². The van der Waals surface area contributed by atoms with E-state index in [2.05, 4.69) is 39.5 Å². The molecule has 0 aliphatic carbocycles. The van der Waals surface area contributed by atoms with E-state index >= 15 is 0 Å². The number of ether oxygens (including phenoxy) is 3. The zero-order valence-electron chi connectivity index (χ0n) is 18.2. The molecule has 1 aliphatic rings. The van der Waals surface area contributed by atoms with Crippen LogP contribution in [0.25, 0.3) is 10.6 Å². The molecule has 168 valence electrons. The van der Waals surface area contributed by atoms with Crippen LogP contribution in [-0.2, 0) is 11.3 Å². The highest BCUT2D eigenvalue weighted by Gasteiger charge is 2.22. The lowest BCUT2D eigenvalue weighted by molar-refractivity contribution is -0.0292. The summed E-state index contributed by atoms with van der Waals surface area (Å²) < 4.78 is 16.5. The van der Waals surface area contributed by atoms with Gasteiger partial charge in [0.1, 0.15) is 10.7 Å². The Hall–Kier alpha value is -2.94. The van der Waals surface area contributed by atoms with Crippen molar-refractivity contribution in [3.05, 3.63) is 65.2 Å². The smallest absolute Gasteiger partial charge is 0.270 e. The standard InChI is InChI=1S/C24H27N3O4S/c1-29-21-9-8-18(12-22(21)30-2)24-26-20(16-32-24)23(28)25-13-19-15-27(10-11-31-19)14-17-6-4-3-5-7-17/h3-9,12,16,19H,10-11,13-15H2,1-2H3,(H,25,28)/t19-/m1/s1. The van der Waals surface area contributed by atoms with Crippen LogP contribution in [0.15, 0.2) is 53.9 Å². The van der Waals surface area contributed by atoms with E-state index in [1.165, 1.54) is 16.9 Å². The summed E-state index contributed by atoms with van der Waals surface area (Å²) in [5.74, 6) is 1.08. The van der Waals surface area contributed by atoms with E-state index < -0.39 is 0 Å². The summed E-state index contributed by atoms with van der Waals surface area (Å²) in [6, 6.07) is 16.0. The number of carbonyl (C=O) groups is 1. The van der Waals surface area contributed by atoms with Crippen LogP contribution in [0, 0.1) is 0 Å². The zero-order chi connectivity index (χ0) is 22.3. The van der Waals surface area contributed by atoms with E-state index in [1.807, 2.05) is 24.3 Å². The Morgan fingerprint density at radius 3 is 2.78 bits per heavy atom. The number of nitrogens with zero attached hydrogens (tertiary/aromatic N) is 2. The van der Waals surface area contributed by atoms with E-state index in [9.17, 15) is 4.79 Å². The fraction of sp³-hybridized carbons (Fsp3) is 0.333. The number of methoxy groups -OCH3 is 2. The van der Waals surface area contributed by atoms with Gasteiger partial charge in [0.05, 0.1) is 26.9 Å². The molecule has 0 spiro atoms. The molecule has 1 atom stereocenters. The molecule has 1 amide bonds. The number of benzene rings is 2. The molecule has 8 heteroatoms. The number of morpholine rings is 1. The Labute approximate surface area is 191 Å². The minimum absolute atomic E-state index is 0.0413. The molecular formula is C24H27N3O4S. The molecule has 1 saturated heterocycles. The third-order valence-electron chi connectivity index (χ3n) is 5.33. The summed E-state index contributed by atoms with van der Waals surface area (Å²) >= 11 is 1.42. The van der Waals surface area contributed by atoms with Crippen molar-refractivity contribution in [3.8, 4) is 22.1 Å². The average Bonchev–Trinajstić information content (AvgIpc) is 3.33. The predicted molar refractivity (Wildman–Crippen MR) is 124 cm³/mol. The molecule has 4 rings (SSSR count). The predicted octanol–water partition coefficient (Wildman–Crippen LogP) is 3.46. The van der Waals surface area contributed by atoms with Crippen LogP contribution in [0.1, 0.15) is 16.1 Å². The van der Waals surface area contributed by atoms with Gasteiger partial charge in [-0.05, 0) is 23.8 Å². The fourth-order valence-corrected chi connectivity index (χ4v) is 4.46. The summed E-state index contributed by atoms with van der Waals surface area (Å²) in [6.07, 6.45) is -0.0413. The number of aromatic nitrogens is 1. The van der Waals surface area contributed by atoms with Crippen LogP contribution in [0.4, 0.5) is 0 Å². The third kappa shape index (κ3) is 5.45. The van der Waals surface area contributed by atoms with Crippen LogP contribution in [0.2, 0.25) is 0 Å². The molecule has 1 fully saturated rings. The normalized spacial score (nSPS) is 16.5. The molecule has 32 heavy (non-hydrogen) atoms. The van der Waals surface area contributed by atoms with Crippen molar-refractivity contribution in [2.24, 2.45) is 0 Å². The van der Waals surface area contributed by atoms with Crippen LogP contribution >= 0.6 is 11.3 Å². The minimum atomic E-state index is -0.197. The van der Waals surface area contributed by atoms with Crippen molar-refractivity contribution in [1.82, 2.24) is 15.2 Å². The molecule has 1 N–H and O–H groups in total. The van der Waals surface area contributed by atoms with Crippen molar-refractivity contribution in [3.63, 3.8) is 0 Å². The second kappa shape index (κ2) is 10.6. The lowest BCUT2D eigenvalue weighted by Gasteiger charge is -2.33. The molecule has 3 aromatic rings. The first-order valence-electron chi connectivity index (χ1n) is 10.5. The number of amides is 1. The summed E-state index contributed by atoms with van der Waals surface area (Å²) in [6.45, 7) is 3.67. The van der Waals surface area contributed by atoms with Gasteiger partial charge >= 0.3 is 0 Å². The summed E-state index contributed by atoms with van der Waals surface area (Å²) in [4.78, 5) is 19.5. The maximum absolute atomic E-state index is 12.6. The number of nitrogens with one attached hydrogen (secondary N) is 1. The number of thiazole rings is 1. The van der Waals surface area contributed by atoms with Crippen LogP contribution in [-0.4, -0.2) is 62.4 Å². The van der Waals surface area contributed by atoms with Crippen LogP contribution in [0.3, 0.4) is 0 Å². The molecule has 7 nitrogen and oxygen atoms in total. The van der Waals surface area contributed by atoms with E-state index in [1.54, 1.807) is 19.6 Å². The molecule has 0 bridgehead atoms. The third-order valence-corrected chi connectivity index (χ3v) is 6.22. The average molecular weight is 454 g/mol. The summed E-state index contributed by atoms with van der Waals surface area (Å²) in [7, 11) is 3.19. The van der Waals surface area contributed by atoms with Crippen LogP contribution in [0.5, 0.6) is 11.5 Å². The highest BCUT2D eigenvalue weighted by molar-refractivity contribution is 7.13. The molecule has 1 aromatic heterocycles. The number of hydrogen-bond donors (Lipinski definition) is 1. The number of rotatable bonds is 8. The SMILES string of the molecule is COc1ccc(-c2nc(C(=O)NC[C@@H]3CN(Cc4ccccc4)CCO3)cs2)cc1OC. The van der Waals surface area contributed by atoms with Gasteiger partial charge in [-0.25, -0.2) is 4.98 Å². The Balaban J connectivity index is 1.32. The number of hydrogen-bond acceptors (Lipinski definition) is 7. The van der Waals surface area contributed by atoms with Gasteiger partial charge < -0.3 is 19.5 Å². The monoisotopic (exact) mass is 453 g/mol. The van der Waals surface area contributed by atoms with Crippen molar-refractivity contribution in [1.29, 1.82) is 0 Å². The van der Waals surface area contributed by atoms with Gasteiger partial charge in [-0.15, -0.1) is 11.3 Å². The Kier molecular flexibility index (Phi) is 7.36. The summed E-state index contributed by atoms with van der Waals surface area (Å²) in [5, 5.41) is 5.49. The van der Waals surface area contributed by atoms with E-state index in [4.69, 9.17) is 14.2 Å². The summed E-state index contributed by atoms with van der Waals surface area (Å²) in [5.41, 5.74) is 2.55. The van der Waals surface area contributed by atoms with Crippen LogP contribution < -0.4 is 14.8 Å². The fourth-order valence-electron chi connectivity index (χ4n) is 3.67. The second-order valence-electron chi connectivity index (χ2n) is 7.53. The van der Waals surface area contributed by atoms with Gasteiger partial charge in [0.25, 0.3) is 5.91 Å². The van der Waals surface area contributed by atoms with Gasteiger partial charge in [-0.1, -0.05) is 30.3 Å². The maximum Gasteiger partial charge on any atom is 0.270 e. The quantitative estimate of drug-likeness (QED) is 0.563. The first kappa shape index (κ1) is 22.3. The second-order valence-corrected chi connectivity index (χ2v) is 8.39. The lowest BCUT2D eigenvalue weighted by Crippen LogP contribution is -2.47. The van der Waals surface area contributed by atoms with Crippen molar-refractivity contribution in [2.45, 2.75) is 12.6 Å². The zero-order valence-corrected chi connectivity index (χ0v) is 19.1. The molecule has 0 saturated carbocycles. The first-order chi connectivity index (χ1) is 15.7. The largest absolute Gasteiger partial charge is 0.493 e. The highest BCUT2D eigenvalue weighted by Crippen LogP contribution is 2.33. The molecule has 1 aliphatic heterocycles. The van der Waals surface area contributed by atoms with E-state index in [0.29, 0.717) is 30.3 Å². The van der Waals surface area contributed by atoms with Gasteiger partial charge in [0.2, 0.25) is 0 Å². The molecule has 0 unspecified atom stereocenters. The van der Waals surface area contributed by atoms with Crippen molar-refractivity contribution in [2.75, 3.05) is 40.5 Å². The van der Waals surface area contributed by atoms with Gasteiger partial charge in [-0.2, -0.15) is 0 Å². The molecule has 2 heterocycles. The molecule has 0 radical (unpaired) electrons. The van der Waals surface area contributed by atoms with Gasteiger partial charge in [-0.3, -0.25) is 9.69 Å². The Morgan fingerprint density at radius 2 is 2.00 bits per heavy atom. The molecular weight excluding hydrogens is 426 g/mol. The van der Waals surface area contributed by atoms with E-state index in [0.717, 1.165) is 30.2 Å². The van der Waals surface area contributed by atoms with Gasteiger partial charge in [0, 0.05) is 37.1 Å².